The smallest absolute Gasteiger partial charge is 0.0706 e. The maximum absolute atomic E-state index is 4.74. The first kappa shape index (κ1) is 14.9. The number of pyridine rings is 1. The van der Waals surface area contributed by atoms with E-state index in [4.69, 9.17) is 4.98 Å². The molecule has 2 heterocycles. The third kappa shape index (κ3) is 3.05. The Morgan fingerprint density at radius 2 is 1.71 bits per heavy atom. The van der Waals surface area contributed by atoms with Crippen LogP contribution >= 0.6 is 0 Å². The highest BCUT2D eigenvalue weighted by Gasteiger charge is 2.22. The molecule has 24 heavy (non-hydrogen) atoms. The SMILES string of the molecule is CC1Cc2cc(-c3ccccc3)ncc2N(Cc2ccccc2)C1. The summed E-state index contributed by atoms with van der Waals surface area (Å²) >= 11 is 0. The van der Waals surface area contributed by atoms with Crippen LogP contribution in [0.2, 0.25) is 0 Å². The molecule has 0 bridgehead atoms. The lowest BCUT2D eigenvalue weighted by molar-refractivity contribution is 0.529. The van der Waals surface area contributed by atoms with Gasteiger partial charge in [0.1, 0.15) is 0 Å². The van der Waals surface area contributed by atoms with E-state index in [0.29, 0.717) is 5.92 Å². The number of aromatic nitrogens is 1. The summed E-state index contributed by atoms with van der Waals surface area (Å²) in [7, 11) is 0. The van der Waals surface area contributed by atoms with Gasteiger partial charge < -0.3 is 4.90 Å². The number of fused-ring (bicyclic) bond motifs is 1. The van der Waals surface area contributed by atoms with Crippen molar-refractivity contribution in [3.05, 3.63) is 84.1 Å². The van der Waals surface area contributed by atoms with Crippen LogP contribution in [0.3, 0.4) is 0 Å². The fraction of sp³-hybridized carbons (Fsp3) is 0.227. The number of hydrogen-bond donors (Lipinski definition) is 0. The van der Waals surface area contributed by atoms with Gasteiger partial charge in [0, 0.05) is 18.7 Å². The van der Waals surface area contributed by atoms with Crippen LogP contribution in [0.15, 0.2) is 72.9 Å². The summed E-state index contributed by atoms with van der Waals surface area (Å²) in [5.74, 6) is 0.659. The number of benzene rings is 2. The first-order valence-corrected chi connectivity index (χ1v) is 8.63. The van der Waals surface area contributed by atoms with Crippen LogP contribution in [0.25, 0.3) is 11.3 Å². The molecule has 0 fully saturated rings. The van der Waals surface area contributed by atoms with Crippen LogP contribution < -0.4 is 4.90 Å². The maximum atomic E-state index is 4.74. The molecular formula is C22H22N2. The van der Waals surface area contributed by atoms with Gasteiger partial charge in [-0.3, -0.25) is 4.98 Å². The molecule has 1 aliphatic heterocycles. The van der Waals surface area contributed by atoms with E-state index in [1.165, 1.54) is 22.4 Å². The first-order valence-electron chi connectivity index (χ1n) is 8.63. The van der Waals surface area contributed by atoms with E-state index in [1.54, 1.807) is 0 Å². The largest absolute Gasteiger partial charge is 0.365 e. The molecule has 3 aromatic rings. The summed E-state index contributed by atoms with van der Waals surface area (Å²) in [6.07, 6.45) is 3.19. The molecule has 0 saturated heterocycles. The van der Waals surface area contributed by atoms with E-state index in [2.05, 4.69) is 78.7 Å². The van der Waals surface area contributed by atoms with Gasteiger partial charge in [0.05, 0.1) is 17.6 Å². The van der Waals surface area contributed by atoms with Gasteiger partial charge in [-0.05, 0) is 29.5 Å². The van der Waals surface area contributed by atoms with Crippen LogP contribution in [-0.2, 0) is 13.0 Å². The highest BCUT2D eigenvalue weighted by atomic mass is 15.1. The highest BCUT2D eigenvalue weighted by molar-refractivity contribution is 5.65. The van der Waals surface area contributed by atoms with E-state index in [-0.39, 0.29) is 0 Å². The maximum Gasteiger partial charge on any atom is 0.0706 e. The lowest BCUT2D eigenvalue weighted by atomic mass is 9.93. The zero-order valence-corrected chi connectivity index (χ0v) is 14.0. The second kappa shape index (κ2) is 6.48. The van der Waals surface area contributed by atoms with Crippen molar-refractivity contribution >= 4 is 5.69 Å². The average molecular weight is 314 g/mol. The Balaban J connectivity index is 1.67. The topological polar surface area (TPSA) is 16.1 Å². The van der Waals surface area contributed by atoms with Gasteiger partial charge >= 0.3 is 0 Å². The molecule has 0 N–H and O–H groups in total. The van der Waals surface area contributed by atoms with E-state index in [1.807, 2.05) is 6.07 Å². The van der Waals surface area contributed by atoms with Crippen LogP contribution in [0.1, 0.15) is 18.1 Å². The molecule has 1 aliphatic rings. The summed E-state index contributed by atoms with van der Waals surface area (Å²) < 4.78 is 0. The van der Waals surface area contributed by atoms with Crippen molar-refractivity contribution in [2.75, 3.05) is 11.4 Å². The average Bonchev–Trinajstić information content (AvgIpc) is 2.63. The van der Waals surface area contributed by atoms with Crippen molar-refractivity contribution < 1.29 is 0 Å². The van der Waals surface area contributed by atoms with Gasteiger partial charge in [-0.1, -0.05) is 67.6 Å². The molecule has 0 saturated carbocycles. The predicted molar refractivity (Wildman–Crippen MR) is 100 cm³/mol. The van der Waals surface area contributed by atoms with E-state index in [9.17, 15) is 0 Å². The van der Waals surface area contributed by atoms with Crippen molar-refractivity contribution in [2.24, 2.45) is 5.92 Å². The summed E-state index contributed by atoms with van der Waals surface area (Å²) in [6.45, 7) is 4.38. The van der Waals surface area contributed by atoms with Crippen LogP contribution in [0.4, 0.5) is 5.69 Å². The molecule has 1 unspecified atom stereocenters. The second-order valence-corrected chi connectivity index (χ2v) is 6.74. The minimum absolute atomic E-state index is 0.659. The summed E-state index contributed by atoms with van der Waals surface area (Å²) in [5.41, 5.74) is 6.32. The summed E-state index contributed by atoms with van der Waals surface area (Å²) in [4.78, 5) is 7.21. The van der Waals surface area contributed by atoms with E-state index >= 15 is 0 Å². The number of nitrogens with zero attached hydrogens (tertiary/aromatic N) is 2. The molecule has 4 rings (SSSR count). The van der Waals surface area contributed by atoms with Crippen molar-refractivity contribution in [3.8, 4) is 11.3 Å². The molecule has 2 aromatic carbocycles. The Morgan fingerprint density at radius 3 is 2.46 bits per heavy atom. The third-order valence-corrected chi connectivity index (χ3v) is 4.69. The molecule has 2 heteroatoms. The van der Waals surface area contributed by atoms with E-state index in [0.717, 1.165) is 25.2 Å². The quantitative estimate of drug-likeness (QED) is 0.680. The minimum Gasteiger partial charge on any atom is -0.365 e. The van der Waals surface area contributed by atoms with Crippen molar-refractivity contribution in [1.82, 2.24) is 4.98 Å². The van der Waals surface area contributed by atoms with Gasteiger partial charge in [0.15, 0.2) is 0 Å². The van der Waals surface area contributed by atoms with Crippen LogP contribution in [0.5, 0.6) is 0 Å². The van der Waals surface area contributed by atoms with Gasteiger partial charge in [0.25, 0.3) is 0 Å². The zero-order valence-electron chi connectivity index (χ0n) is 14.0. The summed E-state index contributed by atoms with van der Waals surface area (Å²) in [5, 5.41) is 0. The minimum atomic E-state index is 0.659. The van der Waals surface area contributed by atoms with Crippen LogP contribution in [0, 0.1) is 5.92 Å². The molecule has 2 nitrogen and oxygen atoms in total. The van der Waals surface area contributed by atoms with Gasteiger partial charge in [0.2, 0.25) is 0 Å². The third-order valence-electron chi connectivity index (χ3n) is 4.69. The fourth-order valence-corrected chi connectivity index (χ4v) is 3.57. The van der Waals surface area contributed by atoms with E-state index < -0.39 is 0 Å². The van der Waals surface area contributed by atoms with Gasteiger partial charge in [-0.25, -0.2) is 0 Å². The molecule has 1 atom stereocenters. The Labute approximate surface area is 143 Å². The van der Waals surface area contributed by atoms with Gasteiger partial charge in [-0.2, -0.15) is 0 Å². The number of anilines is 1. The standard InChI is InChI=1S/C22H22N2/c1-17-12-20-13-21(19-10-6-3-7-11-19)23-14-22(20)24(15-17)16-18-8-4-2-5-9-18/h2-11,13-14,17H,12,15-16H2,1H3. The zero-order chi connectivity index (χ0) is 16.4. The summed E-state index contributed by atoms with van der Waals surface area (Å²) in [6, 6.07) is 23.4. The Kier molecular flexibility index (Phi) is 4.04. The molecule has 1 aromatic heterocycles. The first-order chi connectivity index (χ1) is 11.8. The number of rotatable bonds is 3. The Morgan fingerprint density at radius 1 is 1.00 bits per heavy atom. The Bertz CT molecular complexity index is 812. The fourth-order valence-electron chi connectivity index (χ4n) is 3.57. The molecule has 0 radical (unpaired) electrons. The molecular weight excluding hydrogens is 292 g/mol. The molecule has 120 valence electrons. The lowest BCUT2D eigenvalue weighted by Crippen LogP contribution is -2.34. The normalized spacial score (nSPS) is 16.7. The van der Waals surface area contributed by atoms with Crippen molar-refractivity contribution in [1.29, 1.82) is 0 Å². The second-order valence-electron chi connectivity index (χ2n) is 6.74. The van der Waals surface area contributed by atoms with Crippen molar-refractivity contribution in [3.63, 3.8) is 0 Å². The lowest BCUT2D eigenvalue weighted by Gasteiger charge is -2.35. The number of hydrogen-bond acceptors (Lipinski definition) is 2. The van der Waals surface area contributed by atoms with Crippen LogP contribution in [-0.4, -0.2) is 11.5 Å². The molecule has 0 aliphatic carbocycles. The predicted octanol–water partition coefficient (Wildman–Crippen LogP) is 4.95. The van der Waals surface area contributed by atoms with Crippen molar-refractivity contribution in [2.45, 2.75) is 19.9 Å². The molecule has 0 amide bonds. The van der Waals surface area contributed by atoms with Gasteiger partial charge in [-0.15, -0.1) is 0 Å². The molecule has 0 spiro atoms. The highest BCUT2D eigenvalue weighted by Crippen LogP contribution is 2.32. The Hall–Kier alpha value is -2.61. The monoisotopic (exact) mass is 314 g/mol.